The van der Waals surface area contributed by atoms with Crippen LogP contribution in [-0.4, -0.2) is 35.1 Å². The van der Waals surface area contributed by atoms with Gasteiger partial charge in [-0.25, -0.2) is 4.39 Å². The Kier molecular flexibility index (Phi) is 4.31. The topological polar surface area (TPSA) is 40.5 Å². The predicted octanol–water partition coefficient (Wildman–Crippen LogP) is 2.31. The highest BCUT2D eigenvalue weighted by Crippen LogP contribution is 2.18. The fourth-order valence-electron chi connectivity index (χ4n) is 2.53. The van der Waals surface area contributed by atoms with Gasteiger partial charge in [-0.2, -0.15) is 0 Å². The molecule has 0 radical (unpaired) electrons. The molecule has 18 heavy (non-hydrogen) atoms. The molecule has 1 aliphatic heterocycles. The number of benzene rings is 1. The lowest BCUT2D eigenvalue weighted by Gasteiger charge is -2.26. The number of nitrogens with zero attached hydrogens (tertiary/aromatic N) is 1. The van der Waals surface area contributed by atoms with Crippen LogP contribution in [0.1, 0.15) is 24.8 Å². The summed E-state index contributed by atoms with van der Waals surface area (Å²) in [6, 6.07) is 6.35. The van der Waals surface area contributed by atoms with Crippen molar-refractivity contribution in [1.82, 2.24) is 4.90 Å². The highest BCUT2D eigenvalue weighted by Gasteiger charge is 2.24. The first kappa shape index (κ1) is 13.0. The molecule has 3 nitrogen and oxygen atoms in total. The standard InChI is InChI=1S/C14H18FNO2/c15-12-5-3-11(4-6-12)9-13(10-14(17)18)16-7-1-2-8-16/h3-6,13H,1-2,7-10H2,(H,17,18). The quantitative estimate of drug-likeness (QED) is 0.873. The first-order chi connectivity index (χ1) is 8.65. The summed E-state index contributed by atoms with van der Waals surface area (Å²) in [5.74, 6) is -1.02. The second kappa shape index (κ2) is 5.96. The maximum absolute atomic E-state index is 12.8. The number of carboxylic acids is 1. The molecule has 1 saturated heterocycles. The van der Waals surface area contributed by atoms with E-state index in [0.717, 1.165) is 31.5 Å². The lowest BCUT2D eigenvalue weighted by molar-refractivity contribution is -0.138. The van der Waals surface area contributed by atoms with Gasteiger partial charge in [0.25, 0.3) is 0 Å². The lowest BCUT2D eigenvalue weighted by Crippen LogP contribution is -2.36. The number of aliphatic carboxylic acids is 1. The van der Waals surface area contributed by atoms with Gasteiger partial charge >= 0.3 is 5.97 Å². The van der Waals surface area contributed by atoms with Crippen molar-refractivity contribution in [1.29, 1.82) is 0 Å². The highest BCUT2D eigenvalue weighted by atomic mass is 19.1. The van der Waals surface area contributed by atoms with E-state index in [0.29, 0.717) is 6.42 Å². The largest absolute Gasteiger partial charge is 0.481 e. The maximum atomic E-state index is 12.8. The molecule has 0 bridgehead atoms. The van der Waals surface area contributed by atoms with Crippen LogP contribution in [0.2, 0.25) is 0 Å². The monoisotopic (exact) mass is 251 g/mol. The molecule has 1 atom stereocenters. The number of rotatable bonds is 5. The summed E-state index contributed by atoms with van der Waals surface area (Å²) in [7, 11) is 0. The van der Waals surface area contributed by atoms with Crippen molar-refractivity contribution in [2.45, 2.75) is 31.7 Å². The summed E-state index contributed by atoms with van der Waals surface area (Å²) in [4.78, 5) is 13.2. The molecule has 0 saturated carbocycles. The molecular formula is C14H18FNO2. The van der Waals surface area contributed by atoms with E-state index in [1.54, 1.807) is 12.1 Å². The van der Waals surface area contributed by atoms with Crippen molar-refractivity contribution in [2.24, 2.45) is 0 Å². The van der Waals surface area contributed by atoms with Crippen LogP contribution in [0.25, 0.3) is 0 Å². The van der Waals surface area contributed by atoms with Crippen molar-refractivity contribution < 1.29 is 14.3 Å². The Balaban J connectivity index is 2.03. The average molecular weight is 251 g/mol. The minimum absolute atomic E-state index is 0.0236. The van der Waals surface area contributed by atoms with Gasteiger partial charge in [0.05, 0.1) is 6.42 Å². The van der Waals surface area contributed by atoms with Gasteiger partial charge in [0.1, 0.15) is 5.82 Å². The molecule has 1 aromatic carbocycles. The Labute approximate surface area is 106 Å². The minimum Gasteiger partial charge on any atom is -0.481 e. The van der Waals surface area contributed by atoms with Crippen molar-refractivity contribution in [3.05, 3.63) is 35.6 Å². The molecule has 1 fully saturated rings. The van der Waals surface area contributed by atoms with E-state index >= 15 is 0 Å². The van der Waals surface area contributed by atoms with E-state index in [2.05, 4.69) is 4.90 Å². The number of likely N-dealkylation sites (tertiary alicyclic amines) is 1. The molecule has 0 spiro atoms. The molecular weight excluding hydrogens is 233 g/mol. The van der Waals surface area contributed by atoms with E-state index in [1.807, 2.05) is 0 Å². The van der Waals surface area contributed by atoms with E-state index in [-0.39, 0.29) is 18.3 Å². The number of carboxylic acid groups (broad SMARTS) is 1. The maximum Gasteiger partial charge on any atom is 0.304 e. The van der Waals surface area contributed by atoms with Crippen LogP contribution in [0, 0.1) is 5.82 Å². The minimum atomic E-state index is -0.769. The SMILES string of the molecule is O=C(O)CC(Cc1ccc(F)cc1)N1CCCC1. The van der Waals surface area contributed by atoms with Gasteiger partial charge in [-0.15, -0.1) is 0 Å². The van der Waals surface area contributed by atoms with Crippen LogP contribution in [0.15, 0.2) is 24.3 Å². The third kappa shape index (κ3) is 3.53. The molecule has 1 aromatic rings. The molecule has 2 rings (SSSR count). The molecule has 1 aliphatic rings. The molecule has 4 heteroatoms. The fraction of sp³-hybridized carbons (Fsp3) is 0.500. The third-order valence-corrected chi connectivity index (χ3v) is 3.45. The summed E-state index contributed by atoms with van der Waals surface area (Å²) in [6.45, 7) is 1.94. The summed E-state index contributed by atoms with van der Waals surface area (Å²) in [6.07, 6.45) is 3.10. The normalized spacial score (nSPS) is 17.8. The smallest absolute Gasteiger partial charge is 0.304 e. The van der Waals surface area contributed by atoms with Crippen LogP contribution >= 0.6 is 0 Å². The Bertz CT molecular complexity index is 399. The number of hydrogen-bond donors (Lipinski definition) is 1. The zero-order chi connectivity index (χ0) is 13.0. The zero-order valence-electron chi connectivity index (χ0n) is 10.3. The second-order valence-corrected chi connectivity index (χ2v) is 4.83. The number of halogens is 1. The highest BCUT2D eigenvalue weighted by molar-refractivity contribution is 5.67. The van der Waals surface area contributed by atoms with Crippen molar-refractivity contribution >= 4 is 5.97 Å². The van der Waals surface area contributed by atoms with Gasteiger partial charge in [-0.05, 0) is 50.0 Å². The van der Waals surface area contributed by atoms with Crippen LogP contribution in [-0.2, 0) is 11.2 Å². The first-order valence-corrected chi connectivity index (χ1v) is 6.35. The first-order valence-electron chi connectivity index (χ1n) is 6.35. The zero-order valence-corrected chi connectivity index (χ0v) is 10.3. The average Bonchev–Trinajstić information content (AvgIpc) is 2.84. The van der Waals surface area contributed by atoms with E-state index in [4.69, 9.17) is 5.11 Å². The molecule has 0 aliphatic carbocycles. The van der Waals surface area contributed by atoms with E-state index in [9.17, 15) is 9.18 Å². The van der Waals surface area contributed by atoms with Gasteiger partial charge in [0, 0.05) is 6.04 Å². The second-order valence-electron chi connectivity index (χ2n) is 4.83. The summed E-state index contributed by atoms with van der Waals surface area (Å²) in [5.41, 5.74) is 0.995. The summed E-state index contributed by atoms with van der Waals surface area (Å²) >= 11 is 0. The van der Waals surface area contributed by atoms with Crippen LogP contribution in [0.4, 0.5) is 4.39 Å². The van der Waals surface area contributed by atoms with Crippen LogP contribution in [0.5, 0.6) is 0 Å². The van der Waals surface area contributed by atoms with Crippen LogP contribution in [0.3, 0.4) is 0 Å². The number of carbonyl (C=O) groups is 1. The Morgan fingerprint density at radius 2 is 1.89 bits per heavy atom. The molecule has 0 aromatic heterocycles. The lowest BCUT2D eigenvalue weighted by atomic mass is 10.0. The van der Waals surface area contributed by atoms with E-state index in [1.165, 1.54) is 12.1 Å². The van der Waals surface area contributed by atoms with Crippen molar-refractivity contribution in [3.63, 3.8) is 0 Å². The van der Waals surface area contributed by atoms with Gasteiger partial charge in [-0.1, -0.05) is 12.1 Å². The van der Waals surface area contributed by atoms with Gasteiger partial charge in [0.15, 0.2) is 0 Å². The predicted molar refractivity (Wildman–Crippen MR) is 67.0 cm³/mol. The molecule has 0 amide bonds. The van der Waals surface area contributed by atoms with Crippen LogP contribution < -0.4 is 0 Å². The molecule has 1 unspecified atom stereocenters. The third-order valence-electron chi connectivity index (χ3n) is 3.45. The summed E-state index contributed by atoms with van der Waals surface area (Å²) < 4.78 is 12.8. The molecule has 1 N–H and O–H groups in total. The number of hydrogen-bond acceptors (Lipinski definition) is 2. The van der Waals surface area contributed by atoms with E-state index < -0.39 is 5.97 Å². The Morgan fingerprint density at radius 1 is 1.28 bits per heavy atom. The Morgan fingerprint density at radius 3 is 2.44 bits per heavy atom. The van der Waals surface area contributed by atoms with Gasteiger partial charge < -0.3 is 5.11 Å². The molecule has 1 heterocycles. The summed E-state index contributed by atoms with van der Waals surface area (Å²) in [5, 5.41) is 8.98. The van der Waals surface area contributed by atoms with Gasteiger partial charge in [-0.3, -0.25) is 9.69 Å². The fourth-order valence-corrected chi connectivity index (χ4v) is 2.53. The van der Waals surface area contributed by atoms with Crippen molar-refractivity contribution in [3.8, 4) is 0 Å². The van der Waals surface area contributed by atoms with Gasteiger partial charge in [0.2, 0.25) is 0 Å². The van der Waals surface area contributed by atoms with Crippen molar-refractivity contribution in [2.75, 3.05) is 13.1 Å². The Hall–Kier alpha value is -1.42. The molecule has 98 valence electrons.